The summed E-state index contributed by atoms with van der Waals surface area (Å²) in [7, 11) is 0. The van der Waals surface area contributed by atoms with Crippen molar-refractivity contribution in [1.82, 2.24) is 15.0 Å². The van der Waals surface area contributed by atoms with E-state index in [0.29, 0.717) is 23.6 Å². The number of aromatic nitrogens is 3. The third-order valence-corrected chi connectivity index (χ3v) is 3.09. The van der Waals surface area contributed by atoms with Crippen molar-refractivity contribution < 1.29 is 9.53 Å². The Morgan fingerprint density at radius 2 is 1.82 bits per heavy atom. The summed E-state index contributed by atoms with van der Waals surface area (Å²) in [5, 5.41) is 8.06. The number of nitrogens with zero attached hydrogens (tertiary/aromatic N) is 3. The van der Waals surface area contributed by atoms with Crippen LogP contribution in [0.2, 0.25) is 0 Å². The minimum Gasteiger partial charge on any atom is -0.487 e. The Labute approximate surface area is 127 Å². The summed E-state index contributed by atoms with van der Waals surface area (Å²) in [5.41, 5.74) is 7.01. The molecule has 0 unspecified atom stereocenters. The van der Waals surface area contributed by atoms with Gasteiger partial charge in [-0.05, 0) is 24.3 Å². The van der Waals surface area contributed by atoms with E-state index in [0.717, 1.165) is 5.75 Å². The lowest BCUT2D eigenvalue weighted by Crippen LogP contribution is -2.14. The van der Waals surface area contributed by atoms with Crippen LogP contribution in [0.1, 0.15) is 16.1 Å². The highest BCUT2D eigenvalue weighted by atomic mass is 16.5. The van der Waals surface area contributed by atoms with Crippen molar-refractivity contribution in [3.8, 4) is 11.4 Å². The van der Waals surface area contributed by atoms with E-state index in [1.165, 1.54) is 4.68 Å². The SMILES string of the molecule is NC(=O)c1ccccc1-n1cc(COc2ccccc2)nn1. The molecule has 6 heteroatoms. The van der Waals surface area contributed by atoms with E-state index in [1.54, 1.807) is 24.4 Å². The zero-order valence-electron chi connectivity index (χ0n) is 11.7. The molecule has 0 radical (unpaired) electrons. The number of nitrogens with two attached hydrogens (primary N) is 1. The van der Waals surface area contributed by atoms with E-state index < -0.39 is 5.91 Å². The van der Waals surface area contributed by atoms with Crippen molar-refractivity contribution in [3.63, 3.8) is 0 Å². The molecule has 0 aliphatic heterocycles. The lowest BCUT2D eigenvalue weighted by molar-refractivity contribution is 0.1000. The first-order valence-electron chi connectivity index (χ1n) is 6.72. The number of carbonyl (C=O) groups is 1. The van der Waals surface area contributed by atoms with Crippen molar-refractivity contribution in [2.45, 2.75) is 6.61 Å². The Kier molecular flexibility index (Phi) is 3.82. The van der Waals surface area contributed by atoms with Crippen molar-refractivity contribution in [3.05, 3.63) is 72.1 Å². The summed E-state index contributed by atoms with van der Waals surface area (Å²) in [6.45, 7) is 0.294. The summed E-state index contributed by atoms with van der Waals surface area (Å²) in [6, 6.07) is 16.4. The maximum atomic E-state index is 11.4. The van der Waals surface area contributed by atoms with Crippen LogP contribution in [0, 0.1) is 0 Å². The minimum atomic E-state index is -0.506. The van der Waals surface area contributed by atoms with Gasteiger partial charge in [-0.15, -0.1) is 5.10 Å². The number of para-hydroxylation sites is 2. The van der Waals surface area contributed by atoms with E-state index in [2.05, 4.69) is 10.3 Å². The first kappa shape index (κ1) is 13.8. The van der Waals surface area contributed by atoms with Crippen molar-refractivity contribution >= 4 is 5.91 Å². The molecule has 0 bridgehead atoms. The predicted molar refractivity (Wildman–Crippen MR) is 80.7 cm³/mol. The van der Waals surface area contributed by atoms with Crippen LogP contribution in [0.3, 0.4) is 0 Å². The van der Waals surface area contributed by atoms with Crippen LogP contribution in [0.4, 0.5) is 0 Å². The average molecular weight is 294 g/mol. The van der Waals surface area contributed by atoms with Crippen molar-refractivity contribution in [2.24, 2.45) is 5.73 Å². The van der Waals surface area contributed by atoms with Crippen molar-refractivity contribution in [1.29, 1.82) is 0 Å². The highest BCUT2D eigenvalue weighted by Gasteiger charge is 2.11. The summed E-state index contributed by atoms with van der Waals surface area (Å²) >= 11 is 0. The van der Waals surface area contributed by atoms with Crippen LogP contribution in [-0.4, -0.2) is 20.9 Å². The van der Waals surface area contributed by atoms with Crippen LogP contribution in [0.15, 0.2) is 60.8 Å². The van der Waals surface area contributed by atoms with E-state index in [-0.39, 0.29) is 0 Å². The molecule has 0 spiro atoms. The van der Waals surface area contributed by atoms with Crippen LogP contribution >= 0.6 is 0 Å². The molecule has 3 aromatic rings. The number of ether oxygens (including phenoxy) is 1. The van der Waals surface area contributed by atoms with E-state index in [9.17, 15) is 4.79 Å². The van der Waals surface area contributed by atoms with Gasteiger partial charge in [-0.3, -0.25) is 4.79 Å². The molecule has 22 heavy (non-hydrogen) atoms. The van der Waals surface area contributed by atoms with Gasteiger partial charge in [0.25, 0.3) is 5.91 Å². The summed E-state index contributed by atoms with van der Waals surface area (Å²) < 4.78 is 7.13. The Morgan fingerprint density at radius 3 is 2.59 bits per heavy atom. The normalized spacial score (nSPS) is 10.4. The monoisotopic (exact) mass is 294 g/mol. The molecule has 1 amide bonds. The Balaban J connectivity index is 1.78. The first-order valence-corrected chi connectivity index (χ1v) is 6.72. The molecule has 0 saturated carbocycles. The molecule has 2 N–H and O–H groups in total. The van der Waals surface area contributed by atoms with Gasteiger partial charge in [0.15, 0.2) is 0 Å². The number of amides is 1. The number of rotatable bonds is 5. The molecule has 1 aromatic heterocycles. The Hall–Kier alpha value is -3.15. The number of benzene rings is 2. The number of primary amides is 1. The van der Waals surface area contributed by atoms with Crippen molar-refractivity contribution in [2.75, 3.05) is 0 Å². The van der Waals surface area contributed by atoms with Crippen LogP contribution in [0.5, 0.6) is 5.75 Å². The highest BCUT2D eigenvalue weighted by Crippen LogP contribution is 2.14. The Morgan fingerprint density at radius 1 is 1.09 bits per heavy atom. The van der Waals surface area contributed by atoms with E-state index >= 15 is 0 Å². The topological polar surface area (TPSA) is 83.0 Å². The van der Waals surface area contributed by atoms with Gasteiger partial charge < -0.3 is 10.5 Å². The molecule has 1 heterocycles. The molecule has 0 fully saturated rings. The fourth-order valence-electron chi connectivity index (χ4n) is 2.04. The van der Waals surface area contributed by atoms with Gasteiger partial charge in [-0.25, -0.2) is 4.68 Å². The number of hydrogen-bond donors (Lipinski definition) is 1. The van der Waals surface area contributed by atoms with E-state index in [1.807, 2.05) is 36.4 Å². The lowest BCUT2D eigenvalue weighted by Gasteiger charge is -2.05. The van der Waals surface area contributed by atoms with Gasteiger partial charge in [-0.1, -0.05) is 35.5 Å². The van der Waals surface area contributed by atoms with Gasteiger partial charge in [0.1, 0.15) is 18.1 Å². The standard InChI is InChI=1S/C16H14N4O2/c17-16(21)14-8-4-5-9-15(14)20-10-12(18-19-20)11-22-13-6-2-1-3-7-13/h1-10H,11H2,(H2,17,21). The highest BCUT2D eigenvalue weighted by molar-refractivity contribution is 5.96. The maximum Gasteiger partial charge on any atom is 0.250 e. The van der Waals surface area contributed by atoms with Gasteiger partial charge in [0, 0.05) is 0 Å². The fourth-order valence-corrected chi connectivity index (χ4v) is 2.04. The third-order valence-electron chi connectivity index (χ3n) is 3.09. The zero-order chi connectivity index (χ0) is 15.4. The molecule has 0 atom stereocenters. The molecule has 0 aliphatic carbocycles. The predicted octanol–water partition coefficient (Wildman–Crippen LogP) is 1.95. The number of carbonyl (C=O) groups excluding carboxylic acids is 1. The largest absolute Gasteiger partial charge is 0.487 e. The smallest absolute Gasteiger partial charge is 0.250 e. The summed E-state index contributed by atoms with van der Waals surface area (Å²) in [6.07, 6.45) is 1.71. The van der Waals surface area contributed by atoms with Gasteiger partial charge in [0.05, 0.1) is 17.4 Å². The maximum absolute atomic E-state index is 11.4. The molecule has 0 saturated heterocycles. The van der Waals surface area contributed by atoms with Gasteiger partial charge >= 0.3 is 0 Å². The summed E-state index contributed by atoms with van der Waals surface area (Å²) in [5.74, 6) is 0.253. The van der Waals surface area contributed by atoms with Crippen LogP contribution in [0.25, 0.3) is 5.69 Å². The van der Waals surface area contributed by atoms with Gasteiger partial charge in [-0.2, -0.15) is 0 Å². The molecule has 0 aliphatic rings. The second kappa shape index (κ2) is 6.09. The molecular weight excluding hydrogens is 280 g/mol. The van der Waals surface area contributed by atoms with E-state index in [4.69, 9.17) is 10.5 Å². The van der Waals surface area contributed by atoms with Gasteiger partial charge in [0.2, 0.25) is 0 Å². The van der Waals surface area contributed by atoms with Crippen LogP contribution < -0.4 is 10.5 Å². The zero-order valence-corrected chi connectivity index (χ0v) is 11.7. The first-order chi connectivity index (χ1) is 10.7. The second-order valence-corrected chi connectivity index (χ2v) is 4.64. The second-order valence-electron chi connectivity index (χ2n) is 4.64. The lowest BCUT2D eigenvalue weighted by atomic mass is 10.1. The molecule has 2 aromatic carbocycles. The molecular formula is C16H14N4O2. The quantitative estimate of drug-likeness (QED) is 0.779. The number of hydrogen-bond acceptors (Lipinski definition) is 4. The minimum absolute atomic E-state index is 0.294. The third kappa shape index (κ3) is 2.95. The molecule has 3 rings (SSSR count). The Bertz CT molecular complexity index is 784. The molecule has 110 valence electrons. The average Bonchev–Trinajstić information content (AvgIpc) is 3.03. The fraction of sp³-hybridized carbons (Fsp3) is 0.0625. The van der Waals surface area contributed by atoms with Crippen LogP contribution in [-0.2, 0) is 6.61 Å². The molecule has 6 nitrogen and oxygen atoms in total. The summed E-state index contributed by atoms with van der Waals surface area (Å²) in [4.78, 5) is 11.4.